The van der Waals surface area contributed by atoms with Gasteiger partial charge in [-0.1, -0.05) is 43.6 Å². The smallest absolute Gasteiger partial charge is 0.305 e. The lowest BCUT2D eigenvalue weighted by Gasteiger charge is -2.22. The molecule has 0 aromatic rings. The van der Waals surface area contributed by atoms with Crippen LogP contribution >= 0.6 is 0 Å². The van der Waals surface area contributed by atoms with E-state index < -0.39 is 17.8 Å². The zero-order valence-corrected chi connectivity index (χ0v) is 17.2. The van der Waals surface area contributed by atoms with Gasteiger partial charge in [0, 0.05) is 25.2 Å². The Kier molecular flexibility index (Phi) is 11.1. The normalized spacial score (nSPS) is 27.1. The number of aliphatic hydroxyl groups is 3. The zero-order chi connectivity index (χ0) is 21.0. The molecule has 5 heteroatoms. The second-order valence-corrected chi connectivity index (χ2v) is 7.70. The SMILES string of the molecule is C#CC(O)(CC=C[C@@H]1[C@@H](CC=CCCCC(=O)OC)[C@H](O)C[C@H]1O)CCCC. The first-order valence-corrected chi connectivity index (χ1v) is 10.3. The molecule has 0 saturated heterocycles. The minimum absolute atomic E-state index is 0.0716. The molecule has 0 amide bonds. The van der Waals surface area contributed by atoms with Crippen molar-refractivity contribution in [1.82, 2.24) is 0 Å². The van der Waals surface area contributed by atoms with Crippen molar-refractivity contribution in [1.29, 1.82) is 0 Å². The van der Waals surface area contributed by atoms with Crippen LogP contribution < -0.4 is 0 Å². The third-order valence-electron chi connectivity index (χ3n) is 5.50. The first kappa shape index (κ1) is 24.4. The second kappa shape index (κ2) is 12.8. The number of methoxy groups -OCH3 is 1. The molecule has 0 aromatic carbocycles. The van der Waals surface area contributed by atoms with E-state index >= 15 is 0 Å². The minimum Gasteiger partial charge on any atom is -0.469 e. The Bertz CT molecular complexity index is 562. The number of unbranched alkanes of at least 4 members (excludes halogenated alkanes) is 2. The molecule has 1 unspecified atom stereocenters. The van der Waals surface area contributed by atoms with Crippen molar-refractivity contribution in [3.05, 3.63) is 24.3 Å². The topological polar surface area (TPSA) is 87.0 Å². The summed E-state index contributed by atoms with van der Waals surface area (Å²) in [7, 11) is 1.38. The van der Waals surface area contributed by atoms with Gasteiger partial charge < -0.3 is 20.1 Å². The maximum atomic E-state index is 11.1. The van der Waals surface area contributed by atoms with Crippen LogP contribution in [0.4, 0.5) is 0 Å². The van der Waals surface area contributed by atoms with E-state index in [-0.39, 0.29) is 17.8 Å². The van der Waals surface area contributed by atoms with Gasteiger partial charge >= 0.3 is 5.97 Å². The number of carbonyl (C=O) groups is 1. The first-order chi connectivity index (χ1) is 13.4. The van der Waals surface area contributed by atoms with E-state index in [0.717, 1.165) is 25.7 Å². The predicted molar refractivity (Wildman–Crippen MR) is 110 cm³/mol. The predicted octanol–water partition coefficient (Wildman–Crippen LogP) is 3.13. The third-order valence-corrected chi connectivity index (χ3v) is 5.50. The molecule has 0 heterocycles. The Labute approximate surface area is 169 Å². The number of terminal acetylenes is 1. The third kappa shape index (κ3) is 8.18. The Morgan fingerprint density at radius 1 is 1.25 bits per heavy atom. The Hall–Kier alpha value is -1.61. The van der Waals surface area contributed by atoms with Crippen molar-refractivity contribution >= 4 is 5.97 Å². The maximum Gasteiger partial charge on any atom is 0.305 e. The quantitative estimate of drug-likeness (QED) is 0.206. The summed E-state index contributed by atoms with van der Waals surface area (Å²) in [5.74, 6) is 2.04. The molecular formula is C23H36O5. The fourth-order valence-electron chi connectivity index (χ4n) is 3.67. The summed E-state index contributed by atoms with van der Waals surface area (Å²) in [6.45, 7) is 2.05. The highest BCUT2D eigenvalue weighted by atomic mass is 16.5. The van der Waals surface area contributed by atoms with Gasteiger partial charge in [0.2, 0.25) is 0 Å². The van der Waals surface area contributed by atoms with E-state index in [2.05, 4.69) is 17.6 Å². The van der Waals surface area contributed by atoms with Crippen molar-refractivity contribution in [2.45, 2.75) is 82.5 Å². The molecule has 0 aliphatic heterocycles. The van der Waals surface area contributed by atoms with Gasteiger partial charge in [-0.15, -0.1) is 6.42 Å². The summed E-state index contributed by atoms with van der Waals surface area (Å²) in [6.07, 6.45) is 17.7. The van der Waals surface area contributed by atoms with E-state index in [1.807, 2.05) is 24.3 Å². The Morgan fingerprint density at radius 3 is 2.64 bits per heavy atom. The molecule has 0 spiro atoms. The van der Waals surface area contributed by atoms with Crippen LogP contribution in [0.1, 0.15) is 64.7 Å². The average Bonchev–Trinajstić information content (AvgIpc) is 2.95. The Morgan fingerprint density at radius 2 is 2.00 bits per heavy atom. The summed E-state index contributed by atoms with van der Waals surface area (Å²) in [5, 5.41) is 31.0. The monoisotopic (exact) mass is 392 g/mol. The number of aliphatic hydroxyl groups excluding tert-OH is 2. The molecular weight excluding hydrogens is 356 g/mol. The molecule has 1 aliphatic rings. The fourth-order valence-corrected chi connectivity index (χ4v) is 3.67. The lowest BCUT2D eigenvalue weighted by Crippen LogP contribution is -2.25. The van der Waals surface area contributed by atoms with Gasteiger partial charge in [-0.3, -0.25) is 4.79 Å². The van der Waals surface area contributed by atoms with Crippen LogP contribution in [0, 0.1) is 24.2 Å². The van der Waals surface area contributed by atoms with Crippen molar-refractivity contribution in [3.63, 3.8) is 0 Å². The van der Waals surface area contributed by atoms with Crippen molar-refractivity contribution in [2.24, 2.45) is 11.8 Å². The molecule has 1 aliphatic carbocycles. The zero-order valence-electron chi connectivity index (χ0n) is 17.2. The molecule has 5 atom stereocenters. The van der Waals surface area contributed by atoms with Crippen LogP contribution in [0.3, 0.4) is 0 Å². The lowest BCUT2D eigenvalue weighted by molar-refractivity contribution is -0.140. The van der Waals surface area contributed by atoms with Crippen molar-refractivity contribution < 1.29 is 24.9 Å². The van der Waals surface area contributed by atoms with E-state index in [0.29, 0.717) is 32.1 Å². The molecule has 158 valence electrons. The molecule has 3 N–H and O–H groups in total. The fraction of sp³-hybridized carbons (Fsp3) is 0.696. The Balaban J connectivity index is 2.56. The summed E-state index contributed by atoms with van der Waals surface area (Å²) in [5.41, 5.74) is -1.15. The van der Waals surface area contributed by atoms with Gasteiger partial charge in [-0.2, -0.15) is 0 Å². The summed E-state index contributed by atoms with van der Waals surface area (Å²) in [6, 6.07) is 0. The van der Waals surface area contributed by atoms with Crippen LogP contribution in [0.5, 0.6) is 0 Å². The first-order valence-electron chi connectivity index (χ1n) is 10.3. The van der Waals surface area contributed by atoms with Gasteiger partial charge in [0.05, 0.1) is 19.3 Å². The maximum absolute atomic E-state index is 11.1. The summed E-state index contributed by atoms with van der Waals surface area (Å²) >= 11 is 0. The molecule has 1 rings (SSSR count). The number of hydrogen-bond donors (Lipinski definition) is 3. The van der Waals surface area contributed by atoms with Crippen LogP contribution in [0.15, 0.2) is 24.3 Å². The largest absolute Gasteiger partial charge is 0.469 e. The molecule has 28 heavy (non-hydrogen) atoms. The van der Waals surface area contributed by atoms with E-state index in [9.17, 15) is 20.1 Å². The van der Waals surface area contributed by atoms with Crippen LogP contribution in [0.2, 0.25) is 0 Å². The lowest BCUT2D eigenvalue weighted by atomic mass is 9.88. The molecule has 0 radical (unpaired) electrons. The van der Waals surface area contributed by atoms with Crippen molar-refractivity contribution in [2.75, 3.05) is 7.11 Å². The number of allylic oxidation sites excluding steroid dienone is 2. The van der Waals surface area contributed by atoms with E-state index in [1.165, 1.54) is 7.11 Å². The summed E-state index contributed by atoms with van der Waals surface area (Å²) in [4.78, 5) is 11.1. The van der Waals surface area contributed by atoms with E-state index in [4.69, 9.17) is 6.42 Å². The standard InChI is InChI=1S/C23H36O5/c1-4-6-15-23(27,5-2)16-11-13-19-18(20(24)17-21(19)25)12-9-7-8-10-14-22(26)28-3/h2,7,9,11,13,18-21,24-25,27H,4,6,8,10,12,14-17H2,1,3H3/t18-,19-,20-,21-,23?/m1/s1. The van der Waals surface area contributed by atoms with E-state index in [1.54, 1.807) is 0 Å². The average molecular weight is 393 g/mol. The number of hydrogen-bond acceptors (Lipinski definition) is 5. The van der Waals surface area contributed by atoms with Gasteiger partial charge in [0.1, 0.15) is 5.60 Å². The van der Waals surface area contributed by atoms with Crippen molar-refractivity contribution in [3.8, 4) is 12.3 Å². The van der Waals surface area contributed by atoms with Gasteiger partial charge in [-0.25, -0.2) is 0 Å². The highest BCUT2D eigenvalue weighted by molar-refractivity contribution is 5.69. The van der Waals surface area contributed by atoms with Gasteiger partial charge in [0.25, 0.3) is 0 Å². The minimum atomic E-state index is -1.15. The van der Waals surface area contributed by atoms with Crippen LogP contribution in [-0.2, 0) is 9.53 Å². The second-order valence-electron chi connectivity index (χ2n) is 7.70. The molecule has 0 bridgehead atoms. The molecule has 1 saturated carbocycles. The molecule has 5 nitrogen and oxygen atoms in total. The molecule has 0 aromatic heterocycles. The summed E-state index contributed by atoms with van der Waals surface area (Å²) < 4.78 is 4.61. The number of ether oxygens (including phenoxy) is 1. The highest BCUT2D eigenvalue weighted by Gasteiger charge is 2.39. The van der Waals surface area contributed by atoms with Crippen LogP contribution in [0.25, 0.3) is 0 Å². The van der Waals surface area contributed by atoms with Gasteiger partial charge in [-0.05, 0) is 38.0 Å². The highest BCUT2D eigenvalue weighted by Crippen LogP contribution is 2.36. The molecule has 1 fully saturated rings. The number of esters is 1. The van der Waals surface area contributed by atoms with Gasteiger partial charge in [0.15, 0.2) is 0 Å². The number of carbonyl (C=O) groups excluding carboxylic acids is 1. The number of rotatable bonds is 12. The van der Waals surface area contributed by atoms with Crippen LogP contribution in [-0.4, -0.2) is 46.2 Å².